The SMILES string of the molecule is CCCC(=O)NCC(=O)N(CC(=O)Nc1c(C)cccc1C)c1c(C)cccc1C.CCCC(OCC)(OCC)OCC.Cl. The first-order valence-corrected chi connectivity index (χ1v) is 15.4. The molecule has 0 heterocycles. The number of para-hydroxylation sites is 2. The Balaban J connectivity index is 0.00000112. The van der Waals surface area contributed by atoms with Gasteiger partial charge in [0.1, 0.15) is 6.54 Å². The molecule has 44 heavy (non-hydrogen) atoms. The lowest BCUT2D eigenvalue weighted by atomic mass is 10.1. The van der Waals surface area contributed by atoms with Crippen molar-refractivity contribution in [1.82, 2.24) is 5.32 Å². The Morgan fingerprint density at radius 1 is 0.727 bits per heavy atom. The van der Waals surface area contributed by atoms with Crippen LogP contribution in [0.1, 0.15) is 82.6 Å². The van der Waals surface area contributed by atoms with Crippen LogP contribution < -0.4 is 15.5 Å². The molecule has 0 spiro atoms. The fourth-order valence-electron chi connectivity index (χ4n) is 4.75. The maximum atomic E-state index is 13.0. The maximum Gasteiger partial charge on any atom is 0.282 e. The molecule has 248 valence electrons. The van der Waals surface area contributed by atoms with Gasteiger partial charge >= 0.3 is 0 Å². The lowest BCUT2D eigenvalue weighted by Crippen LogP contribution is -2.44. The highest BCUT2D eigenvalue weighted by atomic mass is 35.5. The Bertz CT molecular complexity index is 1100. The molecule has 2 rings (SSSR count). The first-order chi connectivity index (χ1) is 20.5. The quantitative estimate of drug-likeness (QED) is 0.197. The number of aryl methyl sites for hydroxylation is 4. The number of nitrogens with one attached hydrogen (secondary N) is 2. The number of hydrogen-bond donors (Lipinski definition) is 2. The molecule has 0 unspecified atom stereocenters. The number of anilines is 2. The van der Waals surface area contributed by atoms with E-state index in [4.69, 9.17) is 14.2 Å². The molecule has 2 aromatic rings. The van der Waals surface area contributed by atoms with Gasteiger partial charge in [-0.05, 0) is 83.6 Å². The minimum absolute atomic E-state index is 0. The van der Waals surface area contributed by atoms with Gasteiger partial charge in [0, 0.05) is 38.3 Å². The summed E-state index contributed by atoms with van der Waals surface area (Å²) in [7, 11) is 0. The van der Waals surface area contributed by atoms with Crippen molar-refractivity contribution < 1.29 is 28.6 Å². The lowest BCUT2D eigenvalue weighted by Gasteiger charge is -2.31. The monoisotopic (exact) mass is 635 g/mol. The van der Waals surface area contributed by atoms with Crippen molar-refractivity contribution in [3.8, 4) is 0 Å². The first kappa shape index (κ1) is 41.0. The van der Waals surface area contributed by atoms with Crippen molar-refractivity contribution in [2.75, 3.05) is 43.1 Å². The summed E-state index contributed by atoms with van der Waals surface area (Å²) in [5.74, 6) is -1.59. The molecule has 0 aliphatic rings. The van der Waals surface area contributed by atoms with Gasteiger partial charge in [-0.25, -0.2) is 0 Å². The highest BCUT2D eigenvalue weighted by molar-refractivity contribution is 6.05. The number of benzene rings is 2. The molecule has 2 aromatic carbocycles. The van der Waals surface area contributed by atoms with Crippen LogP contribution in [0.5, 0.6) is 0 Å². The van der Waals surface area contributed by atoms with Crippen LogP contribution in [0.3, 0.4) is 0 Å². The fourth-order valence-corrected chi connectivity index (χ4v) is 4.75. The van der Waals surface area contributed by atoms with Gasteiger partial charge in [-0.1, -0.05) is 50.2 Å². The predicted molar refractivity (Wildman–Crippen MR) is 180 cm³/mol. The van der Waals surface area contributed by atoms with Crippen LogP contribution in [-0.2, 0) is 28.6 Å². The van der Waals surface area contributed by atoms with Crippen LogP contribution in [-0.4, -0.2) is 56.6 Å². The second-order valence-electron chi connectivity index (χ2n) is 10.3. The zero-order valence-electron chi connectivity index (χ0n) is 28.1. The van der Waals surface area contributed by atoms with E-state index < -0.39 is 5.97 Å². The third-order valence-electron chi connectivity index (χ3n) is 6.62. The average molecular weight is 636 g/mol. The summed E-state index contributed by atoms with van der Waals surface area (Å²) in [5, 5.41) is 5.59. The van der Waals surface area contributed by atoms with Gasteiger partial charge in [0.15, 0.2) is 0 Å². The van der Waals surface area contributed by atoms with E-state index >= 15 is 0 Å². The second kappa shape index (κ2) is 21.7. The first-order valence-electron chi connectivity index (χ1n) is 15.4. The topological polar surface area (TPSA) is 106 Å². The predicted octanol–water partition coefficient (Wildman–Crippen LogP) is 6.78. The number of halogens is 1. The van der Waals surface area contributed by atoms with Gasteiger partial charge in [-0.3, -0.25) is 14.4 Å². The molecule has 0 aliphatic carbocycles. The van der Waals surface area contributed by atoms with Gasteiger partial charge in [0.05, 0.1) is 12.2 Å². The summed E-state index contributed by atoms with van der Waals surface area (Å²) in [4.78, 5) is 39.2. The van der Waals surface area contributed by atoms with Gasteiger partial charge in [-0.15, -0.1) is 12.4 Å². The van der Waals surface area contributed by atoms with E-state index in [0.29, 0.717) is 38.3 Å². The summed E-state index contributed by atoms with van der Waals surface area (Å²) >= 11 is 0. The number of hydrogen-bond acceptors (Lipinski definition) is 6. The molecule has 10 heteroatoms. The molecule has 0 aliphatic heterocycles. The number of ether oxygens (including phenoxy) is 3. The number of carbonyl (C=O) groups is 3. The van der Waals surface area contributed by atoms with Crippen LogP contribution >= 0.6 is 12.4 Å². The number of carbonyl (C=O) groups excluding carboxylic acids is 3. The van der Waals surface area contributed by atoms with Crippen LogP contribution in [0.2, 0.25) is 0 Å². The van der Waals surface area contributed by atoms with Crippen LogP contribution in [0.25, 0.3) is 0 Å². The molecule has 3 amide bonds. The van der Waals surface area contributed by atoms with E-state index in [1.807, 2.05) is 91.8 Å². The smallest absolute Gasteiger partial charge is 0.282 e. The third kappa shape index (κ3) is 13.3. The maximum absolute atomic E-state index is 13.0. The molecule has 0 fully saturated rings. The number of amides is 3. The van der Waals surface area contributed by atoms with Crippen molar-refractivity contribution >= 4 is 41.5 Å². The van der Waals surface area contributed by atoms with E-state index in [1.165, 1.54) is 4.90 Å². The molecule has 0 bridgehead atoms. The summed E-state index contributed by atoms with van der Waals surface area (Å²) < 4.78 is 16.5. The molecule has 9 nitrogen and oxygen atoms in total. The normalized spacial score (nSPS) is 10.7. The minimum Gasteiger partial charge on any atom is -0.347 e. The standard InChI is InChI=1S/C24H31N3O3.C10H22O3.ClH/c1-6-9-20(28)25-14-22(30)27(24-18(4)12-8-13-19(24)5)15-21(29)26-23-16(2)10-7-11-17(23)3;1-5-9-10(11-6-2,12-7-3)13-8-4;/h7-8,10-13H,6,9,14-15H2,1-5H3,(H,25,28)(H,26,29);5-9H2,1-4H3;1H. The van der Waals surface area contributed by atoms with E-state index in [1.54, 1.807) is 0 Å². The van der Waals surface area contributed by atoms with Gasteiger partial charge in [0.2, 0.25) is 17.7 Å². The Labute approximate surface area is 270 Å². The van der Waals surface area contributed by atoms with Crippen molar-refractivity contribution in [1.29, 1.82) is 0 Å². The largest absolute Gasteiger partial charge is 0.347 e. The molecular formula is C34H54ClN3O6. The van der Waals surface area contributed by atoms with Crippen molar-refractivity contribution in [2.45, 2.75) is 94.0 Å². The zero-order chi connectivity index (χ0) is 32.4. The van der Waals surface area contributed by atoms with E-state index in [0.717, 1.165) is 40.8 Å². The molecular weight excluding hydrogens is 582 g/mol. The third-order valence-corrected chi connectivity index (χ3v) is 6.62. The van der Waals surface area contributed by atoms with Crippen molar-refractivity contribution in [3.63, 3.8) is 0 Å². The Morgan fingerprint density at radius 3 is 1.64 bits per heavy atom. The molecule has 0 aromatic heterocycles. The second-order valence-corrected chi connectivity index (χ2v) is 10.3. The Hall–Kier alpha value is -2.98. The lowest BCUT2D eigenvalue weighted by molar-refractivity contribution is -0.379. The molecule has 2 N–H and O–H groups in total. The average Bonchev–Trinajstić information content (AvgIpc) is 2.94. The van der Waals surface area contributed by atoms with E-state index in [-0.39, 0.29) is 43.2 Å². The molecule has 0 saturated carbocycles. The van der Waals surface area contributed by atoms with E-state index in [2.05, 4.69) is 17.6 Å². The fraction of sp³-hybridized carbons (Fsp3) is 0.559. The Kier molecular flexibility index (Phi) is 20.2. The minimum atomic E-state index is -0.799. The van der Waals surface area contributed by atoms with E-state index in [9.17, 15) is 14.4 Å². The summed E-state index contributed by atoms with van der Waals surface area (Å²) in [6.45, 7) is 19.1. The molecule has 0 saturated heterocycles. The van der Waals surface area contributed by atoms with Crippen molar-refractivity contribution in [3.05, 3.63) is 58.7 Å². The summed E-state index contributed by atoms with van der Waals surface area (Å²) in [5.41, 5.74) is 5.16. The summed E-state index contributed by atoms with van der Waals surface area (Å²) in [6.07, 6.45) is 2.84. The van der Waals surface area contributed by atoms with Crippen LogP contribution in [0.15, 0.2) is 36.4 Å². The highest BCUT2D eigenvalue weighted by Gasteiger charge is 2.31. The van der Waals surface area contributed by atoms with Gasteiger partial charge < -0.3 is 29.7 Å². The van der Waals surface area contributed by atoms with Crippen LogP contribution in [0.4, 0.5) is 11.4 Å². The van der Waals surface area contributed by atoms with Crippen molar-refractivity contribution in [2.24, 2.45) is 0 Å². The highest BCUT2D eigenvalue weighted by Crippen LogP contribution is 2.26. The number of rotatable bonds is 16. The van der Waals surface area contributed by atoms with Gasteiger partial charge in [0.25, 0.3) is 5.97 Å². The molecule has 0 radical (unpaired) electrons. The number of nitrogens with zero attached hydrogens (tertiary/aromatic N) is 1. The van der Waals surface area contributed by atoms with Crippen LogP contribution in [0, 0.1) is 27.7 Å². The Morgan fingerprint density at radius 2 is 1.20 bits per heavy atom. The van der Waals surface area contributed by atoms with Gasteiger partial charge in [-0.2, -0.15) is 0 Å². The summed E-state index contributed by atoms with van der Waals surface area (Å²) in [6, 6.07) is 11.5. The zero-order valence-corrected chi connectivity index (χ0v) is 28.9. The molecule has 0 atom stereocenters.